The number of rotatable bonds is 7. The third-order valence-corrected chi connectivity index (χ3v) is 6.80. The van der Waals surface area contributed by atoms with Crippen molar-refractivity contribution in [2.45, 2.75) is 40.7 Å². The summed E-state index contributed by atoms with van der Waals surface area (Å²) >= 11 is 0. The van der Waals surface area contributed by atoms with Crippen molar-refractivity contribution in [1.29, 1.82) is 0 Å². The maximum atomic E-state index is 14.9. The van der Waals surface area contributed by atoms with Gasteiger partial charge in [0.1, 0.15) is 30.6 Å². The Kier molecular flexibility index (Phi) is 7.83. The van der Waals surface area contributed by atoms with Gasteiger partial charge in [-0.1, -0.05) is 30.9 Å². The number of hydrogen-bond donors (Lipinski definition) is 0. The number of halogens is 2. The van der Waals surface area contributed by atoms with Crippen molar-refractivity contribution in [1.82, 2.24) is 0 Å². The van der Waals surface area contributed by atoms with Gasteiger partial charge >= 0.3 is 0 Å². The first kappa shape index (κ1) is 24.8. The topological polar surface area (TPSA) is 26.3 Å². The van der Waals surface area contributed by atoms with Crippen LogP contribution in [0, 0.1) is 25.5 Å². The number of allylic oxidation sites excluding steroid dienone is 4. The second kappa shape index (κ2) is 9.78. The Morgan fingerprint density at radius 1 is 1.13 bits per heavy atom. The van der Waals surface area contributed by atoms with E-state index in [0.717, 1.165) is 11.1 Å². The molecule has 0 bridgehead atoms. The van der Waals surface area contributed by atoms with E-state index in [-0.39, 0.29) is 5.82 Å². The molecule has 0 aliphatic carbocycles. The van der Waals surface area contributed by atoms with E-state index in [1.807, 2.05) is 20.8 Å². The lowest BCUT2D eigenvalue weighted by atomic mass is 9.98. The number of aryl methyl sites for hydroxylation is 1. The van der Waals surface area contributed by atoms with Gasteiger partial charge in [-0.3, -0.25) is 0 Å². The monoisotopic (exact) mass is 444 g/mol. The lowest BCUT2D eigenvalue weighted by Crippen LogP contribution is -2.07. The van der Waals surface area contributed by atoms with Crippen molar-refractivity contribution in [2.24, 2.45) is 0 Å². The maximum absolute atomic E-state index is 14.9. The van der Waals surface area contributed by atoms with Crippen LogP contribution in [-0.2, 0) is 9.30 Å². The molecule has 0 aliphatic heterocycles. The summed E-state index contributed by atoms with van der Waals surface area (Å²) in [7, 11) is -2.56. The van der Waals surface area contributed by atoms with E-state index >= 15 is 0 Å². The molecule has 0 spiro atoms. The van der Waals surface area contributed by atoms with Gasteiger partial charge in [0, 0.05) is 16.4 Å². The summed E-state index contributed by atoms with van der Waals surface area (Å²) in [5.74, 6) is -0.238. The molecule has 166 valence electrons. The predicted molar refractivity (Wildman–Crippen MR) is 127 cm³/mol. The van der Waals surface area contributed by atoms with E-state index in [1.165, 1.54) is 12.1 Å². The van der Waals surface area contributed by atoms with Crippen LogP contribution in [0.2, 0.25) is 0 Å². The summed E-state index contributed by atoms with van der Waals surface area (Å²) in [6.07, 6.45) is 3.10. The SMILES string of the molecule is C=C(C)/C(=C\C(=C/C)c1ccc(P(C)(C)=O)cc1F)O[C@H](C)c1c(C)ccc(F)c1C. The molecule has 0 fully saturated rings. The van der Waals surface area contributed by atoms with Crippen LogP contribution in [0.4, 0.5) is 8.78 Å². The van der Waals surface area contributed by atoms with Gasteiger partial charge in [-0.2, -0.15) is 0 Å². The van der Waals surface area contributed by atoms with Crippen LogP contribution in [0.5, 0.6) is 0 Å². The van der Waals surface area contributed by atoms with Gasteiger partial charge in [0.15, 0.2) is 0 Å². The second-order valence-electron chi connectivity index (χ2n) is 8.21. The van der Waals surface area contributed by atoms with Crippen molar-refractivity contribution >= 4 is 18.0 Å². The molecule has 2 nitrogen and oxygen atoms in total. The van der Waals surface area contributed by atoms with Gasteiger partial charge in [0.05, 0.1) is 0 Å². The minimum absolute atomic E-state index is 0.280. The Hall–Kier alpha value is -2.45. The summed E-state index contributed by atoms with van der Waals surface area (Å²) in [4.78, 5) is 0. The molecule has 0 radical (unpaired) electrons. The molecule has 0 saturated heterocycles. The fourth-order valence-electron chi connectivity index (χ4n) is 3.50. The zero-order valence-electron chi connectivity index (χ0n) is 19.3. The lowest BCUT2D eigenvalue weighted by molar-refractivity contribution is 0.138. The van der Waals surface area contributed by atoms with Gasteiger partial charge < -0.3 is 9.30 Å². The molecule has 2 aromatic carbocycles. The highest BCUT2D eigenvalue weighted by atomic mass is 31.2. The molecule has 31 heavy (non-hydrogen) atoms. The summed E-state index contributed by atoms with van der Waals surface area (Å²) < 4.78 is 47.4. The summed E-state index contributed by atoms with van der Waals surface area (Å²) in [5, 5.41) is 0.496. The van der Waals surface area contributed by atoms with Crippen LogP contribution < -0.4 is 5.30 Å². The summed E-state index contributed by atoms with van der Waals surface area (Å²) in [5.41, 5.74) is 3.93. The molecule has 0 unspecified atom stereocenters. The molecule has 0 aromatic heterocycles. The smallest absolute Gasteiger partial charge is 0.131 e. The Morgan fingerprint density at radius 2 is 1.77 bits per heavy atom. The van der Waals surface area contributed by atoms with Crippen molar-refractivity contribution in [3.8, 4) is 0 Å². The highest BCUT2D eigenvalue weighted by molar-refractivity contribution is 7.70. The molecule has 5 heteroatoms. The lowest BCUT2D eigenvalue weighted by Gasteiger charge is -2.22. The first-order chi connectivity index (χ1) is 14.4. The summed E-state index contributed by atoms with van der Waals surface area (Å²) in [6, 6.07) is 7.84. The minimum Gasteiger partial charge on any atom is -0.486 e. The molecule has 0 aliphatic rings. The zero-order chi connectivity index (χ0) is 23.5. The highest BCUT2D eigenvalue weighted by Gasteiger charge is 2.19. The Balaban J connectivity index is 2.45. The van der Waals surface area contributed by atoms with Crippen LogP contribution in [0.1, 0.15) is 49.1 Å². The zero-order valence-corrected chi connectivity index (χ0v) is 20.2. The van der Waals surface area contributed by atoms with E-state index in [0.29, 0.717) is 33.3 Å². The first-order valence-corrected chi connectivity index (χ1v) is 12.8. The van der Waals surface area contributed by atoms with Crippen LogP contribution in [0.25, 0.3) is 5.57 Å². The Bertz CT molecular complexity index is 1110. The number of benzene rings is 2. The van der Waals surface area contributed by atoms with E-state index in [1.54, 1.807) is 57.5 Å². The van der Waals surface area contributed by atoms with Crippen LogP contribution in [0.15, 0.2) is 60.4 Å². The molecule has 0 amide bonds. The van der Waals surface area contributed by atoms with Crippen LogP contribution in [0.3, 0.4) is 0 Å². The van der Waals surface area contributed by atoms with Crippen molar-refractivity contribution in [2.75, 3.05) is 13.3 Å². The van der Waals surface area contributed by atoms with E-state index in [2.05, 4.69) is 6.58 Å². The fraction of sp³-hybridized carbons (Fsp3) is 0.308. The third-order valence-electron chi connectivity index (χ3n) is 5.28. The average Bonchev–Trinajstić information content (AvgIpc) is 2.67. The van der Waals surface area contributed by atoms with Crippen molar-refractivity contribution in [3.63, 3.8) is 0 Å². The van der Waals surface area contributed by atoms with Crippen LogP contribution >= 0.6 is 7.14 Å². The molecular weight excluding hydrogens is 413 g/mol. The standard InChI is InChI=1S/C26H31F2O2P/c1-9-20(22-12-11-21(15-24(22)28)31(7,8)29)14-25(16(2)3)30-19(6)26-17(4)10-13-23(27)18(26)5/h9-15,19H,2H2,1,3-8H3/b20-9+,25-14+/t19-/m1/s1. The van der Waals surface area contributed by atoms with E-state index in [4.69, 9.17) is 4.74 Å². The van der Waals surface area contributed by atoms with Gasteiger partial charge in [0.2, 0.25) is 0 Å². The normalized spacial score (nSPS) is 13.8. The summed E-state index contributed by atoms with van der Waals surface area (Å²) in [6.45, 7) is 16.3. The van der Waals surface area contributed by atoms with Crippen LogP contribution in [-0.4, -0.2) is 13.3 Å². The third kappa shape index (κ3) is 5.83. The van der Waals surface area contributed by atoms with Gasteiger partial charge in [-0.25, -0.2) is 8.78 Å². The predicted octanol–water partition coefficient (Wildman–Crippen LogP) is 7.47. The molecule has 1 atom stereocenters. The van der Waals surface area contributed by atoms with E-state index < -0.39 is 19.1 Å². The maximum Gasteiger partial charge on any atom is 0.131 e. The number of hydrogen-bond acceptors (Lipinski definition) is 2. The fourth-order valence-corrected chi connectivity index (χ4v) is 4.36. The van der Waals surface area contributed by atoms with Gasteiger partial charge in [0.25, 0.3) is 0 Å². The molecule has 0 saturated carbocycles. The molecule has 0 heterocycles. The Morgan fingerprint density at radius 3 is 2.29 bits per heavy atom. The molecule has 2 rings (SSSR count). The Labute approximate surface area is 184 Å². The molecular formula is C26H31F2O2P. The largest absolute Gasteiger partial charge is 0.486 e. The number of ether oxygens (including phenoxy) is 1. The first-order valence-electron chi connectivity index (χ1n) is 10.2. The second-order valence-corrected chi connectivity index (χ2v) is 11.4. The highest BCUT2D eigenvalue weighted by Crippen LogP contribution is 2.36. The van der Waals surface area contributed by atoms with Crippen molar-refractivity contribution < 1.29 is 18.1 Å². The minimum atomic E-state index is -2.56. The average molecular weight is 445 g/mol. The molecule has 0 N–H and O–H groups in total. The quantitative estimate of drug-likeness (QED) is 0.252. The van der Waals surface area contributed by atoms with Crippen molar-refractivity contribution in [3.05, 3.63) is 94.3 Å². The van der Waals surface area contributed by atoms with Gasteiger partial charge in [-0.05, 0) is 88.4 Å². The van der Waals surface area contributed by atoms with Gasteiger partial charge in [-0.15, -0.1) is 0 Å². The molecule has 2 aromatic rings. The van der Waals surface area contributed by atoms with E-state index in [9.17, 15) is 13.3 Å².